The van der Waals surface area contributed by atoms with Crippen LogP contribution in [0.4, 0.5) is 0 Å². The summed E-state index contributed by atoms with van der Waals surface area (Å²) in [4.78, 5) is 28.4. The highest BCUT2D eigenvalue weighted by Gasteiger charge is 2.26. The van der Waals surface area contributed by atoms with Crippen LogP contribution in [-0.4, -0.2) is 14.9 Å². The van der Waals surface area contributed by atoms with E-state index >= 15 is 0 Å². The van der Waals surface area contributed by atoms with Gasteiger partial charge < -0.3 is 14.9 Å². The van der Waals surface area contributed by atoms with E-state index in [1.54, 1.807) is 6.07 Å². The van der Waals surface area contributed by atoms with E-state index in [2.05, 4.69) is 16.6 Å². The molecule has 0 saturated carbocycles. The van der Waals surface area contributed by atoms with Gasteiger partial charge in [-0.2, -0.15) is 0 Å². The summed E-state index contributed by atoms with van der Waals surface area (Å²) in [6.07, 6.45) is 7.21. The summed E-state index contributed by atoms with van der Waals surface area (Å²) in [5.41, 5.74) is 0.827. The quantitative estimate of drug-likeness (QED) is 0.286. The molecule has 0 aliphatic heterocycles. The van der Waals surface area contributed by atoms with Crippen molar-refractivity contribution in [2.45, 2.75) is 64.5 Å². The summed E-state index contributed by atoms with van der Waals surface area (Å²) >= 11 is 0. The first-order valence-corrected chi connectivity index (χ1v) is 9.78. The molecule has 1 atom stereocenters. The van der Waals surface area contributed by atoms with Crippen LogP contribution in [0.2, 0.25) is 0 Å². The molecule has 0 spiro atoms. The van der Waals surface area contributed by atoms with Crippen molar-refractivity contribution < 1.29 is 24.0 Å². The number of rotatable bonds is 12. The van der Waals surface area contributed by atoms with Gasteiger partial charge in [-0.05, 0) is 35.7 Å². The van der Waals surface area contributed by atoms with Crippen LogP contribution in [0.25, 0.3) is 0 Å². The third-order valence-corrected chi connectivity index (χ3v) is 4.23. The molecule has 1 aromatic rings. The number of unbranched alkanes of at least 4 members (excludes halogenated alkanes) is 6. The van der Waals surface area contributed by atoms with E-state index in [-0.39, 0.29) is 11.3 Å². The van der Waals surface area contributed by atoms with Crippen LogP contribution in [-0.2, 0) is 15.5 Å². The van der Waals surface area contributed by atoms with E-state index in [0.29, 0.717) is 0 Å². The Morgan fingerprint density at radius 3 is 2.33 bits per heavy atom. The Kier molecular flexibility index (Phi) is 9.14. The highest BCUT2D eigenvalue weighted by atomic mass is 31.2. The molecule has 0 aliphatic rings. The SMILES string of the molecule is CCCCCCCCCc1ccc(O)c(C(N=O)OP(=O)(O)O)c1. The van der Waals surface area contributed by atoms with Gasteiger partial charge in [0.1, 0.15) is 5.75 Å². The van der Waals surface area contributed by atoms with Gasteiger partial charge >= 0.3 is 7.82 Å². The van der Waals surface area contributed by atoms with Crippen LogP contribution in [0, 0.1) is 4.91 Å². The smallest absolute Gasteiger partial charge is 0.471 e. The molecule has 0 aliphatic carbocycles. The molecule has 0 bridgehead atoms. The second-order valence-corrected chi connectivity index (χ2v) is 7.01. The molecule has 1 rings (SSSR count). The molecule has 7 nitrogen and oxygen atoms in total. The number of phosphoric ester groups is 1. The fourth-order valence-corrected chi connectivity index (χ4v) is 2.92. The Balaban J connectivity index is 2.59. The van der Waals surface area contributed by atoms with E-state index < -0.39 is 14.1 Å². The lowest BCUT2D eigenvalue weighted by Crippen LogP contribution is -2.01. The molecule has 1 aromatic carbocycles. The van der Waals surface area contributed by atoms with Gasteiger partial charge in [-0.1, -0.05) is 51.5 Å². The molecular weight excluding hydrogens is 333 g/mol. The molecule has 0 saturated heterocycles. The third-order valence-electron chi connectivity index (χ3n) is 3.76. The number of phosphoric acid groups is 1. The van der Waals surface area contributed by atoms with Gasteiger partial charge in [0.05, 0.1) is 0 Å². The summed E-state index contributed by atoms with van der Waals surface area (Å²) in [7, 11) is -4.88. The topological polar surface area (TPSA) is 116 Å². The molecule has 0 heterocycles. The van der Waals surface area contributed by atoms with Crippen LogP contribution < -0.4 is 0 Å². The van der Waals surface area contributed by atoms with Gasteiger partial charge in [-0.25, -0.2) is 4.57 Å². The molecule has 0 aromatic heterocycles. The Morgan fingerprint density at radius 2 is 1.75 bits per heavy atom. The maximum atomic E-state index is 10.9. The molecule has 0 fully saturated rings. The Labute approximate surface area is 142 Å². The van der Waals surface area contributed by atoms with Gasteiger partial charge in [0.2, 0.25) is 6.23 Å². The van der Waals surface area contributed by atoms with Crippen molar-refractivity contribution in [3.8, 4) is 5.75 Å². The highest BCUT2D eigenvalue weighted by molar-refractivity contribution is 7.46. The Hall–Kier alpha value is -1.27. The van der Waals surface area contributed by atoms with Crippen molar-refractivity contribution in [3.63, 3.8) is 0 Å². The number of phenolic OH excluding ortho intramolecular Hbond substituents is 1. The molecule has 3 N–H and O–H groups in total. The largest absolute Gasteiger partial charge is 0.507 e. The zero-order valence-electron chi connectivity index (χ0n) is 13.9. The summed E-state index contributed by atoms with van der Waals surface area (Å²) in [5, 5.41) is 12.4. The van der Waals surface area contributed by atoms with Crippen molar-refractivity contribution in [1.82, 2.24) is 0 Å². The van der Waals surface area contributed by atoms with E-state index in [4.69, 9.17) is 9.79 Å². The molecule has 0 amide bonds. The number of nitroso groups, excluding NO2 is 1. The number of nitrogens with zero attached hydrogens (tertiary/aromatic N) is 1. The average Bonchev–Trinajstić information content (AvgIpc) is 2.52. The van der Waals surface area contributed by atoms with Gasteiger partial charge in [-0.3, -0.25) is 4.52 Å². The number of aromatic hydroxyl groups is 1. The maximum absolute atomic E-state index is 10.9. The first-order chi connectivity index (χ1) is 11.4. The maximum Gasteiger partial charge on any atom is 0.471 e. The van der Waals surface area contributed by atoms with Crippen LogP contribution in [0.5, 0.6) is 5.75 Å². The number of aryl methyl sites for hydroxylation is 1. The number of hydrogen-bond acceptors (Lipinski definition) is 5. The minimum Gasteiger partial charge on any atom is -0.507 e. The number of hydrogen-bond donors (Lipinski definition) is 3. The van der Waals surface area contributed by atoms with Crippen molar-refractivity contribution in [1.29, 1.82) is 0 Å². The summed E-state index contributed by atoms with van der Waals surface area (Å²) < 4.78 is 15.2. The number of phenols is 1. The second kappa shape index (κ2) is 10.6. The normalized spacial score (nSPS) is 13.0. The van der Waals surface area contributed by atoms with Gasteiger partial charge in [0.25, 0.3) is 0 Å². The minimum absolute atomic E-state index is 0.0335. The molecular formula is C16H26NO6P. The number of benzene rings is 1. The summed E-state index contributed by atoms with van der Waals surface area (Å²) in [6, 6.07) is 4.61. The zero-order valence-corrected chi connectivity index (χ0v) is 14.8. The van der Waals surface area contributed by atoms with Crippen molar-refractivity contribution in [2.75, 3.05) is 0 Å². The van der Waals surface area contributed by atoms with Crippen LogP contribution >= 0.6 is 7.82 Å². The minimum atomic E-state index is -4.88. The standard InChI is InChI=1S/C16H26NO6P/c1-2-3-4-5-6-7-8-9-13-10-11-15(18)14(12-13)16(17-19)23-24(20,21)22/h10-12,16,18H,2-9H2,1H3,(H2,20,21,22). The lowest BCUT2D eigenvalue weighted by Gasteiger charge is -2.14. The van der Waals surface area contributed by atoms with Crippen molar-refractivity contribution >= 4 is 7.82 Å². The predicted molar refractivity (Wildman–Crippen MR) is 91.5 cm³/mol. The molecule has 136 valence electrons. The van der Waals surface area contributed by atoms with Gasteiger partial charge in [0.15, 0.2) is 0 Å². The zero-order chi connectivity index (χ0) is 18.0. The van der Waals surface area contributed by atoms with E-state index in [0.717, 1.165) is 24.8 Å². The van der Waals surface area contributed by atoms with Crippen LogP contribution in [0.15, 0.2) is 23.4 Å². The monoisotopic (exact) mass is 359 g/mol. The predicted octanol–water partition coefficient (Wildman–Crippen LogP) is 4.56. The summed E-state index contributed by atoms with van der Waals surface area (Å²) in [6.45, 7) is 2.18. The Bertz CT molecular complexity index is 559. The third kappa shape index (κ3) is 8.02. The first-order valence-electron chi connectivity index (χ1n) is 8.25. The van der Waals surface area contributed by atoms with Crippen molar-refractivity contribution in [3.05, 3.63) is 34.2 Å². The fourth-order valence-electron chi connectivity index (χ4n) is 2.51. The lowest BCUT2D eigenvalue weighted by molar-refractivity contribution is 0.136. The van der Waals surface area contributed by atoms with Gasteiger partial charge in [-0.15, -0.1) is 4.91 Å². The first kappa shape index (κ1) is 20.8. The van der Waals surface area contributed by atoms with Crippen LogP contribution in [0.1, 0.15) is 69.2 Å². The molecule has 8 heteroatoms. The highest BCUT2D eigenvalue weighted by Crippen LogP contribution is 2.44. The fraction of sp³-hybridized carbons (Fsp3) is 0.625. The molecule has 1 unspecified atom stereocenters. The molecule has 0 radical (unpaired) electrons. The van der Waals surface area contributed by atoms with Gasteiger partial charge in [0, 0.05) is 5.56 Å². The summed E-state index contributed by atoms with van der Waals surface area (Å²) in [5.74, 6) is -0.281. The Morgan fingerprint density at radius 1 is 1.12 bits per heavy atom. The van der Waals surface area contributed by atoms with E-state index in [9.17, 15) is 14.6 Å². The van der Waals surface area contributed by atoms with Crippen LogP contribution in [0.3, 0.4) is 0 Å². The van der Waals surface area contributed by atoms with E-state index in [1.165, 1.54) is 44.2 Å². The van der Waals surface area contributed by atoms with E-state index in [1.807, 2.05) is 0 Å². The lowest BCUT2D eigenvalue weighted by atomic mass is 10.0. The van der Waals surface area contributed by atoms with Crippen molar-refractivity contribution in [2.24, 2.45) is 5.18 Å². The molecule has 24 heavy (non-hydrogen) atoms. The average molecular weight is 359 g/mol. The second-order valence-electron chi connectivity index (χ2n) is 5.82.